The van der Waals surface area contributed by atoms with Crippen LogP contribution in [0, 0.1) is 17.3 Å². The van der Waals surface area contributed by atoms with E-state index in [2.05, 4.69) is 34.6 Å². The van der Waals surface area contributed by atoms with Gasteiger partial charge in [-0.15, -0.1) is 0 Å². The summed E-state index contributed by atoms with van der Waals surface area (Å²) in [6.07, 6.45) is 6.13. The van der Waals surface area contributed by atoms with E-state index in [4.69, 9.17) is 4.74 Å². The molecule has 114 valence electrons. The Balaban J connectivity index is 2.70. The average Bonchev–Trinajstić information content (AvgIpc) is 2.45. The van der Waals surface area contributed by atoms with Crippen molar-refractivity contribution in [3.63, 3.8) is 0 Å². The van der Waals surface area contributed by atoms with E-state index in [1.165, 1.54) is 25.7 Å². The van der Waals surface area contributed by atoms with Gasteiger partial charge < -0.3 is 9.84 Å². The highest BCUT2D eigenvalue weighted by atomic mass is 16.6. The molecule has 0 unspecified atom stereocenters. The molecule has 1 fully saturated rings. The molecule has 0 heterocycles. The molecular formula is C17H34O2. The third kappa shape index (κ3) is 3.95. The molecule has 0 aliphatic heterocycles. The maximum absolute atomic E-state index is 10.00. The topological polar surface area (TPSA) is 29.5 Å². The number of hydrogen-bond donors (Lipinski definition) is 1. The minimum Gasteiger partial charge on any atom is -0.366 e. The van der Waals surface area contributed by atoms with Gasteiger partial charge in [0.1, 0.15) is 0 Å². The molecule has 1 rings (SSSR count). The molecule has 0 saturated heterocycles. The van der Waals surface area contributed by atoms with Crippen LogP contribution in [0.2, 0.25) is 0 Å². The largest absolute Gasteiger partial charge is 0.366 e. The number of ether oxygens (including phenoxy) is 1. The summed E-state index contributed by atoms with van der Waals surface area (Å²) < 4.78 is 6.02. The van der Waals surface area contributed by atoms with Gasteiger partial charge in [0, 0.05) is 0 Å². The summed E-state index contributed by atoms with van der Waals surface area (Å²) in [7, 11) is 0. The average molecular weight is 270 g/mol. The summed E-state index contributed by atoms with van der Waals surface area (Å²) >= 11 is 0. The third-order valence-corrected chi connectivity index (χ3v) is 5.53. The summed E-state index contributed by atoms with van der Waals surface area (Å²) in [5.41, 5.74) is -0.0914. The first-order valence-electron chi connectivity index (χ1n) is 7.94. The van der Waals surface area contributed by atoms with Crippen LogP contribution in [0.5, 0.6) is 0 Å². The quantitative estimate of drug-likeness (QED) is 0.706. The molecule has 0 aromatic carbocycles. The van der Waals surface area contributed by atoms with Gasteiger partial charge in [0.2, 0.25) is 0 Å². The highest BCUT2D eigenvalue weighted by Gasteiger charge is 2.53. The van der Waals surface area contributed by atoms with Crippen molar-refractivity contribution in [1.29, 1.82) is 0 Å². The zero-order valence-corrected chi connectivity index (χ0v) is 14.0. The Hall–Kier alpha value is -0.0800. The lowest BCUT2D eigenvalue weighted by molar-refractivity contribution is -0.265. The van der Waals surface area contributed by atoms with E-state index in [9.17, 15) is 5.11 Å². The predicted octanol–water partition coefficient (Wildman–Crippen LogP) is 4.75. The molecule has 0 aromatic rings. The Kier molecular flexibility index (Phi) is 5.12. The van der Waals surface area contributed by atoms with Crippen LogP contribution < -0.4 is 0 Å². The van der Waals surface area contributed by atoms with Gasteiger partial charge in [0.25, 0.3) is 0 Å². The first-order chi connectivity index (χ1) is 8.52. The summed E-state index contributed by atoms with van der Waals surface area (Å²) in [5, 5.41) is 10.00. The lowest BCUT2D eigenvalue weighted by Crippen LogP contribution is -2.48. The summed E-state index contributed by atoms with van der Waals surface area (Å²) in [6, 6.07) is 0. The summed E-state index contributed by atoms with van der Waals surface area (Å²) in [6.45, 7) is 14.9. The zero-order valence-electron chi connectivity index (χ0n) is 14.0. The molecule has 2 heteroatoms. The fourth-order valence-electron chi connectivity index (χ4n) is 3.49. The first-order valence-corrected chi connectivity index (χ1v) is 7.94. The highest BCUT2D eigenvalue weighted by Crippen LogP contribution is 2.54. The van der Waals surface area contributed by atoms with Crippen molar-refractivity contribution >= 4 is 0 Å². The smallest absolute Gasteiger partial charge is 0.160 e. The predicted molar refractivity (Wildman–Crippen MR) is 81.0 cm³/mol. The van der Waals surface area contributed by atoms with E-state index in [1.807, 2.05) is 0 Å². The van der Waals surface area contributed by atoms with Crippen LogP contribution in [-0.4, -0.2) is 16.5 Å². The number of hydrogen-bond acceptors (Lipinski definition) is 2. The Bertz CT molecular complexity index is 290. The molecule has 2 nitrogen and oxygen atoms in total. The van der Waals surface area contributed by atoms with Crippen molar-refractivity contribution in [2.45, 2.75) is 92.0 Å². The zero-order chi connectivity index (χ0) is 14.9. The van der Waals surface area contributed by atoms with Crippen molar-refractivity contribution in [2.75, 3.05) is 0 Å². The molecule has 0 aromatic heterocycles. The van der Waals surface area contributed by atoms with Gasteiger partial charge in [-0.3, -0.25) is 0 Å². The van der Waals surface area contributed by atoms with E-state index >= 15 is 0 Å². The number of aliphatic hydroxyl groups is 1. The van der Waals surface area contributed by atoms with Crippen LogP contribution in [0.25, 0.3) is 0 Å². The van der Waals surface area contributed by atoms with E-state index in [0.29, 0.717) is 5.92 Å². The fourth-order valence-corrected chi connectivity index (χ4v) is 3.49. The second-order valence-corrected chi connectivity index (χ2v) is 7.83. The van der Waals surface area contributed by atoms with Gasteiger partial charge in [-0.1, -0.05) is 40.5 Å². The Morgan fingerprint density at radius 3 is 2.37 bits per heavy atom. The maximum atomic E-state index is 10.00. The van der Waals surface area contributed by atoms with Crippen molar-refractivity contribution in [3.8, 4) is 0 Å². The molecule has 1 N–H and O–H groups in total. The van der Waals surface area contributed by atoms with Crippen LogP contribution in [0.4, 0.5) is 0 Å². The lowest BCUT2D eigenvalue weighted by atomic mass is 9.71. The van der Waals surface area contributed by atoms with Crippen LogP contribution >= 0.6 is 0 Å². The second-order valence-electron chi connectivity index (χ2n) is 7.83. The standard InChI is InChI=1S/C17H34O2/c1-8-13(2)9-10-14-11-12-17(7,15(14,3)4)19-16(5,6)18/h13-14,18H,8-12H2,1-7H3/t13-,14+,17-/m0/s1. The van der Waals surface area contributed by atoms with Gasteiger partial charge in [0.05, 0.1) is 5.60 Å². The minimum atomic E-state index is -1.04. The van der Waals surface area contributed by atoms with Crippen molar-refractivity contribution in [1.82, 2.24) is 0 Å². The van der Waals surface area contributed by atoms with E-state index in [-0.39, 0.29) is 11.0 Å². The molecular weight excluding hydrogens is 236 g/mol. The molecule has 19 heavy (non-hydrogen) atoms. The Labute approximate surface area is 119 Å². The fraction of sp³-hybridized carbons (Fsp3) is 1.00. The van der Waals surface area contributed by atoms with Crippen molar-refractivity contribution in [2.24, 2.45) is 17.3 Å². The van der Waals surface area contributed by atoms with Gasteiger partial charge >= 0.3 is 0 Å². The third-order valence-electron chi connectivity index (χ3n) is 5.53. The van der Waals surface area contributed by atoms with Crippen LogP contribution in [0.3, 0.4) is 0 Å². The second kappa shape index (κ2) is 5.73. The molecule has 0 radical (unpaired) electrons. The monoisotopic (exact) mass is 270 g/mol. The number of rotatable bonds is 6. The Morgan fingerprint density at radius 2 is 1.89 bits per heavy atom. The molecule has 0 bridgehead atoms. The normalized spacial score (nSPS) is 32.5. The molecule has 0 spiro atoms. The van der Waals surface area contributed by atoms with Crippen molar-refractivity contribution < 1.29 is 9.84 Å². The summed E-state index contributed by atoms with van der Waals surface area (Å²) in [4.78, 5) is 0. The highest BCUT2D eigenvalue weighted by molar-refractivity contribution is 5.02. The molecule has 1 aliphatic rings. The van der Waals surface area contributed by atoms with E-state index in [1.54, 1.807) is 13.8 Å². The van der Waals surface area contributed by atoms with Gasteiger partial charge in [-0.25, -0.2) is 0 Å². The van der Waals surface area contributed by atoms with Crippen LogP contribution in [0.15, 0.2) is 0 Å². The van der Waals surface area contributed by atoms with Gasteiger partial charge in [0.15, 0.2) is 5.79 Å². The summed E-state index contributed by atoms with van der Waals surface area (Å²) in [5.74, 6) is 0.476. The maximum Gasteiger partial charge on any atom is 0.160 e. The minimum absolute atomic E-state index is 0.125. The van der Waals surface area contributed by atoms with Crippen LogP contribution in [-0.2, 0) is 4.74 Å². The molecule has 1 saturated carbocycles. The van der Waals surface area contributed by atoms with Gasteiger partial charge in [-0.05, 0) is 57.3 Å². The van der Waals surface area contributed by atoms with Crippen LogP contribution in [0.1, 0.15) is 80.6 Å². The van der Waals surface area contributed by atoms with E-state index in [0.717, 1.165) is 12.3 Å². The SMILES string of the molecule is CC[C@H](C)CC[C@@H]1CC[C@](C)(OC(C)(C)O)C1(C)C. The Morgan fingerprint density at radius 1 is 1.32 bits per heavy atom. The van der Waals surface area contributed by atoms with Crippen molar-refractivity contribution in [3.05, 3.63) is 0 Å². The van der Waals surface area contributed by atoms with Gasteiger partial charge in [-0.2, -0.15) is 0 Å². The lowest BCUT2D eigenvalue weighted by Gasteiger charge is -2.44. The molecule has 0 amide bonds. The first kappa shape index (κ1) is 17.0. The molecule has 3 atom stereocenters. The molecule has 1 aliphatic carbocycles. The van der Waals surface area contributed by atoms with E-state index < -0.39 is 5.79 Å².